The van der Waals surface area contributed by atoms with Gasteiger partial charge < -0.3 is 10.1 Å². The molecule has 1 aromatic heterocycles. The van der Waals surface area contributed by atoms with Gasteiger partial charge in [-0.1, -0.05) is 11.3 Å². The summed E-state index contributed by atoms with van der Waals surface area (Å²) in [6.07, 6.45) is 1.71. The molecule has 22 heavy (non-hydrogen) atoms. The standard InChI is InChI=1S/C13H20N2O5S2/c1-12(2)7-9(13(3,4)20-12)14-11-8(15(16)17)6-10(21-11)22(5,18)19/h6,9,14H,7H2,1-5H3. The third-order valence-electron chi connectivity index (χ3n) is 3.63. The highest BCUT2D eigenvalue weighted by Crippen LogP contribution is 2.43. The molecular formula is C13H20N2O5S2. The molecule has 0 aliphatic carbocycles. The van der Waals surface area contributed by atoms with Crippen LogP contribution in [0.1, 0.15) is 34.1 Å². The second kappa shape index (κ2) is 5.17. The van der Waals surface area contributed by atoms with Gasteiger partial charge in [-0.2, -0.15) is 0 Å². The first-order chi connectivity index (χ1) is 9.82. The Morgan fingerprint density at radius 1 is 1.41 bits per heavy atom. The summed E-state index contributed by atoms with van der Waals surface area (Å²) in [7, 11) is -3.48. The number of hydrogen-bond acceptors (Lipinski definition) is 7. The van der Waals surface area contributed by atoms with Gasteiger partial charge in [-0.05, 0) is 34.1 Å². The van der Waals surface area contributed by atoms with E-state index in [1.165, 1.54) is 0 Å². The summed E-state index contributed by atoms with van der Waals surface area (Å²) in [4.78, 5) is 10.6. The number of thiophene rings is 1. The summed E-state index contributed by atoms with van der Waals surface area (Å²) in [5.74, 6) is 0. The predicted molar refractivity (Wildman–Crippen MR) is 85.4 cm³/mol. The summed E-state index contributed by atoms with van der Waals surface area (Å²) in [5, 5.41) is 14.5. The molecule has 1 aliphatic rings. The van der Waals surface area contributed by atoms with Crippen LogP contribution in [0.5, 0.6) is 0 Å². The fourth-order valence-corrected chi connectivity index (χ4v) is 4.72. The molecule has 1 unspecified atom stereocenters. The largest absolute Gasteiger partial charge is 0.367 e. The molecule has 1 aromatic rings. The lowest BCUT2D eigenvalue weighted by molar-refractivity contribution is -0.383. The predicted octanol–water partition coefficient (Wildman–Crippen LogP) is 2.82. The first-order valence-electron chi connectivity index (χ1n) is 6.77. The average molecular weight is 348 g/mol. The Morgan fingerprint density at radius 3 is 2.41 bits per heavy atom. The van der Waals surface area contributed by atoms with Crippen molar-refractivity contribution in [3.8, 4) is 0 Å². The SMILES string of the molecule is CC1(C)CC(Nc2sc(S(C)(=O)=O)cc2[N+](=O)[O-])C(C)(C)O1. The lowest BCUT2D eigenvalue weighted by atomic mass is 9.94. The fraction of sp³-hybridized carbons (Fsp3) is 0.692. The molecule has 0 spiro atoms. The van der Waals surface area contributed by atoms with Gasteiger partial charge in [-0.15, -0.1) is 0 Å². The van der Waals surface area contributed by atoms with Gasteiger partial charge in [0, 0.05) is 12.3 Å². The van der Waals surface area contributed by atoms with Crippen LogP contribution in [-0.4, -0.2) is 36.8 Å². The van der Waals surface area contributed by atoms with E-state index in [4.69, 9.17) is 4.74 Å². The Hall–Kier alpha value is -1.19. The smallest absolute Gasteiger partial charge is 0.304 e. The maximum atomic E-state index is 11.6. The van der Waals surface area contributed by atoms with E-state index in [1.54, 1.807) is 0 Å². The quantitative estimate of drug-likeness (QED) is 0.663. The van der Waals surface area contributed by atoms with Crippen molar-refractivity contribution < 1.29 is 18.1 Å². The van der Waals surface area contributed by atoms with Crippen LogP contribution in [0.2, 0.25) is 0 Å². The van der Waals surface area contributed by atoms with Gasteiger partial charge in [0.2, 0.25) is 0 Å². The summed E-state index contributed by atoms with van der Waals surface area (Å²) in [5.41, 5.74) is -1.06. The van der Waals surface area contributed by atoms with Crippen LogP contribution in [0.25, 0.3) is 0 Å². The lowest BCUT2D eigenvalue weighted by Crippen LogP contribution is -2.38. The first-order valence-corrected chi connectivity index (χ1v) is 9.48. The van der Waals surface area contributed by atoms with E-state index in [-0.39, 0.29) is 26.5 Å². The third kappa shape index (κ3) is 3.41. The number of nitro groups is 1. The molecule has 124 valence electrons. The zero-order chi connectivity index (χ0) is 16.9. The van der Waals surface area contributed by atoms with Crippen LogP contribution in [0.4, 0.5) is 10.7 Å². The highest BCUT2D eigenvalue weighted by atomic mass is 32.2. The monoisotopic (exact) mass is 348 g/mol. The minimum Gasteiger partial charge on any atom is -0.367 e. The molecular weight excluding hydrogens is 328 g/mol. The molecule has 0 bridgehead atoms. The first kappa shape index (κ1) is 17.2. The van der Waals surface area contributed by atoms with Crippen LogP contribution in [0.15, 0.2) is 10.3 Å². The van der Waals surface area contributed by atoms with E-state index < -0.39 is 20.4 Å². The van der Waals surface area contributed by atoms with Gasteiger partial charge in [-0.25, -0.2) is 8.42 Å². The summed E-state index contributed by atoms with van der Waals surface area (Å²) in [6, 6.07) is 0.961. The van der Waals surface area contributed by atoms with Crippen molar-refractivity contribution >= 4 is 31.9 Å². The van der Waals surface area contributed by atoms with E-state index in [0.29, 0.717) is 6.42 Å². The molecule has 0 radical (unpaired) electrons. The normalized spacial score (nSPS) is 23.4. The Bertz CT molecular complexity index is 706. The number of rotatable bonds is 4. The maximum Gasteiger partial charge on any atom is 0.304 e. The molecule has 1 fully saturated rings. The Labute approximate surface area is 133 Å². The minimum absolute atomic E-state index is 0.0160. The second-order valence-electron chi connectivity index (χ2n) is 6.68. The number of nitrogens with one attached hydrogen (secondary N) is 1. The number of nitrogens with zero attached hydrogens (tertiary/aromatic N) is 1. The Balaban J connectivity index is 2.37. The van der Waals surface area contributed by atoms with Crippen molar-refractivity contribution in [3.05, 3.63) is 16.2 Å². The van der Waals surface area contributed by atoms with Gasteiger partial charge in [0.1, 0.15) is 4.21 Å². The van der Waals surface area contributed by atoms with Gasteiger partial charge in [0.05, 0.1) is 22.2 Å². The second-order valence-corrected chi connectivity index (χ2v) is 9.97. The van der Waals surface area contributed by atoms with Gasteiger partial charge >= 0.3 is 5.69 Å². The zero-order valence-corrected chi connectivity index (χ0v) is 14.8. The molecule has 0 saturated carbocycles. The molecule has 1 aliphatic heterocycles. The Kier molecular flexibility index (Phi) is 4.04. The highest BCUT2D eigenvalue weighted by molar-refractivity contribution is 7.92. The van der Waals surface area contributed by atoms with Crippen molar-refractivity contribution in [2.24, 2.45) is 0 Å². The summed E-state index contributed by atoms with van der Waals surface area (Å²) < 4.78 is 29.2. The van der Waals surface area contributed by atoms with E-state index in [2.05, 4.69) is 5.32 Å². The van der Waals surface area contributed by atoms with Crippen molar-refractivity contribution in [3.63, 3.8) is 0 Å². The van der Waals surface area contributed by atoms with Crippen molar-refractivity contribution in [1.29, 1.82) is 0 Å². The summed E-state index contributed by atoms with van der Waals surface area (Å²) in [6.45, 7) is 7.75. The van der Waals surface area contributed by atoms with E-state index in [9.17, 15) is 18.5 Å². The van der Waals surface area contributed by atoms with E-state index >= 15 is 0 Å². The van der Waals surface area contributed by atoms with Crippen LogP contribution < -0.4 is 5.32 Å². The maximum absolute atomic E-state index is 11.6. The molecule has 1 saturated heterocycles. The Morgan fingerprint density at radius 2 is 2.00 bits per heavy atom. The zero-order valence-electron chi connectivity index (χ0n) is 13.2. The fourth-order valence-electron chi connectivity index (χ4n) is 2.73. The molecule has 7 nitrogen and oxygen atoms in total. The van der Waals surface area contributed by atoms with E-state index in [1.807, 2.05) is 27.7 Å². The number of ether oxygens (including phenoxy) is 1. The topological polar surface area (TPSA) is 98.5 Å². The van der Waals surface area contributed by atoms with Crippen molar-refractivity contribution in [2.75, 3.05) is 11.6 Å². The summed E-state index contributed by atoms with van der Waals surface area (Å²) >= 11 is 0.886. The number of anilines is 1. The molecule has 9 heteroatoms. The van der Waals surface area contributed by atoms with Crippen LogP contribution in [-0.2, 0) is 14.6 Å². The average Bonchev–Trinajstić information content (AvgIpc) is 2.77. The van der Waals surface area contributed by atoms with Gasteiger partial charge in [0.15, 0.2) is 14.8 Å². The highest BCUT2D eigenvalue weighted by Gasteiger charge is 2.46. The number of sulfone groups is 1. The van der Waals surface area contributed by atoms with Crippen molar-refractivity contribution in [2.45, 2.75) is 55.6 Å². The molecule has 1 atom stereocenters. The molecule has 2 rings (SSSR count). The third-order valence-corrected chi connectivity index (χ3v) is 6.49. The minimum atomic E-state index is -3.48. The van der Waals surface area contributed by atoms with Gasteiger partial charge in [-0.3, -0.25) is 10.1 Å². The van der Waals surface area contributed by atoms with E-state index in [0.717, 1.165) is 23.7 Å². The molecule has 1 N–H and O–H groups in total. The van der Waals surface area contributed by atoms with Gasteiger partial charge in [0.25, 0.3) is 0 Å². The number of hydrogen-bond donors (Lipinski definition) is 1. The molecule has 0 amide bonds. The lowest BCUT2D eigenvalue weighted by Gasteiger charge is -2.27. The van der Waals surface area contributed by atoms with Crippen LogP contribution >= 0.6 is 11.3 Å². The van der Waals surface area contributed by atoms with Crippen LogP contribution in [0.3, 0.4) is 0 Å². The molecule has 2 heterocycles. The van der Waals surface area contributed by atoms with Crippen LogP contribution in [0, 0.1) is 10.1 Å². The van der Waals surface area contributed by atoms with Crippen molar-refractivity contribution in [1.82, 2.24) is 0 Å². The molecule has 0 aromatic carbocycles.